The first-order valence-electron chi connectivity index (χ1n) is 7.28. The molecule has 0 aliphatic heterocycles. The van der Waals surface area contributed by atoms with Crippen LogP contribution in [0.4, 0.5) is 0 Å². The summed E-state index contributed by atoms with van der Waals surface area (Å²) in [6.07, 6.45) is 3.50. The van der Waals surface area contributed by atoms with Gasteiger partial charge in [-0.3, -0.25) is 0 Å². The number of benzene rings is 2. The SMILES string of the molecule is C=CC.C=CC.OC(=S)c1ccc(O)cc1.OC(=S)c1ccccc1. The molecule has 0 unspecified atom stereocenters. The highest BCUT2D eigenvalue weighted by Crippen LogP contribution is 2.09. The number of allylic oxidation sites excluding steroid dienone is 2. The summed E-state index contributed by atoms with van der Waals surface area (Å²) in [5, 5.41) is 26.1. The zero-order valence-electron chi connectivity index (χ0n) is 14.4. The fourth-order valence-electron chi connectivity index (χ4n) is 1.18. The molecule has 0 saturated carbocycles. The van der Waals surface area contributed by atoms with Crippen molar-refractivity contribution in [2.24, 2.45) is 0 Å². The summed E-state index contributed by atoms with van der Waals surface area (Å²) < 4.78 is 0. The molecule has 0 aromatic heterocycles. The summed E-state index contributed by atoms with van der Waals surface area (Å²) in [4.78, 5) is 0. The van der Waals surface area contributed by atoms with Gasteiger partial charge in [0.05, 0.1) is 0 Å². The van der Waals surface area contributed by atoms with Gasteiger partial charge in [-0.1, -0.05) is 42.5 Å². The van der Waals surface area contributed by atoms with Gasteiger partial charge >= 0.3 is 0 Å². The molecule has 0 saturated heterocycles. The van der Waals surface area contributed by atoms with E-state index in [4.69, 9.17) is 15.3 Å². The predicted octanol–water partition coefficient (Wildman–Crippen LogP) is 5.93. The first kappa shape index (κ1) is 24.7. The summed E-state index contributed by atoms with van der Waals surface area (Å²) in [6.45, 7) is 10.5. The van der Waals surface area contributed by atoms with E-state index in [0.717, 1.165) is 0 Å². The highest BCUT2D eigenvalue weighted by molar-refractivity contribution is 7.80. The van der Waals surface area contributed by atoms with Gasteiger partial charge in [-0.2, -0.15) is 0 Å². The highest BCUT2D eigenvalue weighted by Gasteiger charge is 1.95. The van der Waals surface area contributed by atoms with E-state index in [9.17, 15) is 0 Å². The lowest BCUT2D eigenvalue weighted by Gasteiger charge is -1.94. The lowest BCUT2D eigenvalue weighted by atomic mass is 10.2. The predicted molar refractivity (Wildman–Crippen MR) is 115 cm³/mol. The van der Waals surface area contributed by atoms with Crippen LogP contribution >= 0.6 is 24.4 Å². The van der Waals surface area contributed by atoms with Crippen LogP contribution in [0, 0.1) is 0 Å². The van der Waals surface area contributed by atoms with Crippen LogP contribution in [0.15, 0.2) is 79.9 Å². The van der Waals surface area contributed by atoms with Crippen molar-refractivity contribution in [3.8, 4) is 5.75 Å². The van der Waals surface area contributed by atoms with Crippen LogP contribution in [0.5, 0.6) is 5.75 Å². The second-order valence-electron chi connectivity index (χ2n) is 4.34. The van der Waals surface area contributed by atoms with E-state index in [0.29, 0.717) is 11.1 Å². The van der Waals surface area contributed by atoms with Crippen molar-refractivity contribution in [1.29, 1.82) is 0 Å². The lowest BCUT2D eigenvalue weighted by Crippen LogP contribution is -1.91. The highest BCUT2D eigenvalue weighted by atomic mass is 32.1. The molecule has 0 spiro atoms. The molecule has 3 N–H and O–H groups in total. The van der Waals surface area contributed by atoms with Gasteiger partial charge < -0.3 is 15.3 Å². The number of thiocarbonyl (C=S) groups is 2. The molecule has 25 heavy (non-hydrogen) atoms. The van der Waals surface area contributed by atoms with Gasteiger partial charge in [-0.05, 0) is 62.5 Å². The Morgan fingerprint density at radius 3 is 1.36 bits per heavy atom. The quantitative estimate of drug-likeness (QED) is 0.448. The molecule has 0 atom stereocenters. The molecular weight excluding hydrogens is 352 g/mol. The Morgan fingerprint density at radius 1 is 0.760 bits per heavy atom. The fourth-order valence-corrected chi connectivity index (χ4v) is 1.46. The fraction of sp³-hybridized carbons (Fsp3) is 0.100. The molecule has 2 aromatic carbocycles. The Labute approximate surface area is 160 Å². The Hall–Kier alpha value is -2.50. The molecule has 0 radical (unpaired) electrons. The van der Waals surface area contributed by atoms with Gasteiger partial charge in [0.15, 0.2) is 10.1 Å². The Kier molecular flexibility index (Phi) is 16.2. The van der Waals surface area contributed by atoms with Crippen LogP contribution in [-0.4, -0.2) is 25.4 Å². The number of hydrogen-bond donors (Lipinski definition) is 3. The van der Waals surface area contributed by atoms with Crippen LogP contribution < -0.4 is 0 Å². The third-order valence-electron chi connectivity index (χ3n) is 2.13. The number of aliphatic hydroxyl groups is 2. The molecule has 134 valence electrons. The molecule has 2 aromatic rings. The number of phenols is 1. The minimum Gasteiger partial charge on any atom is -0.508 e. The third-order valence-corrected chi connectivity index (χ3v) is 2.61. The second kappa shape index (κ2) is 16.4. The first-order chi connectivity index (χ1) is 11.8. The van der Waals surface area contributed by atoms with Crippen molar-refractivity contribution in [2.75, 3.05) is 0 Å². The van der Waals surface area contributed by atoms with Gasteiger partial charge in [-0.15, -0.1) is 13.2 Å². The van der Waals surface area contributed by atoms with E-state index in [1.165, 1.54) is 12.1 Å². The number of phenolic OH excluding ortho intramolecular Hbond substituents is 1. The first-order valence-corrected chi connectivity index (χ1v) is 8.10. The van der Waals surface area contributed by atoms with Crippen LogP contribution in [0.25, 0.3) is 0 Å². The summed E-state index contributed by atoms with van der Waals surface area (Å²) in [5.41, 5.74) is 1.25. The molecule has 2 rings (SSSR count). The van der Waals surface area contributed by atoms with Gasteiger partial charge in [-0.25, -0.2) is 0 Å². The average Bonchev–Trinajstić information content (AvgIpc) is 2.58. The minimum absolute atomic E-state index is 0.0457. The third kappa shape index (κ3) is 14.8. The van der Waals surface area contributed by atoms with Crippen LogP contribution in [0.2, 0.25) is 0 Å². The smallest absolute Gasteiger partial charge is 0.188 e. The van der Waals surface area contributed by atoms with E-state index in [2.05, 4.69) is 37.6 Å². The van der Waals surface area contributed by atoms with Gasteiger partial charge in [0, 0.05) is 11.1 Å². The van der Waals surface area contributed by atoms with Crippen molar-refractivity contribution >= 4 is 34.5 Å². The molecule has 5 heteroatoms. The number of rotatable bonds is 2. The van der Waals surface area contributed by atoms with Crippen molar-refractivity contribution < 1.29 is 15.3 Å². The summed E-state index contributed by atoms with van der Waals surface area (Å²) in [7, 11) is 0. The van der Waals surface area contributed by atoms with E-state index in [1.54, 1.807) is 36.4 Å². The van der Waals surface area contributed by atoms with E-state index in [1.807, 2.05) is 32.0 Å². The zero-order valence-corrected chi connectivity index (χ0v) is 16.1. The summed E-state index contributed by atoms with van der Waals surface area (Å²) in [6, 6.07) is 15.1. The molecule has 0 fully saturated rings. The van der Waals surface area contributed by atoms with Crippen LogP contribution in [-0.2, 0) is 0 Å². The topological polar surface area (TPSA) is 60.7 Å². The van der Waals surface area contributed by atoms with E-state index >= 15 is 0 Å². The lowest BCUT2D eigenvalue weighted by molar-refractivity contribution is 0.475. The summed E-state index contributed by atoms with van der Waals surface area (Å²) in [5.74, 6) is 0.167. The monoisotopic (exact) mass is 376 g/mol. The van der Waals surface area contributed by atoms with Gasteiger partial charge in [0.25, 0.3) is 0 Å². The summed E-state index contributed by atoms with van der Waals surface area (Å²) >= 11 is 9.00. The minimum atomic E-state index is -0.153. The van der Waals surface area contributed by atoms with Crippen LogP contribution in [0.1, 0.15) is 25.0 Å². The normalized spacial score (nSPS) is 7.92. The molecule has 0 heterocycles. The molecule has 0 amide bonds. The Morgan fingerprint density at radius 2 is 1.08 bits per heavy atom. The molecular formula is C20H24O3S2. The largest absolute Gasteiger partial charge is 0.508 e. The van der Waals surface area contributed by atoms with Crippen molar-refractivity contribution in [3.63, 3.8) is 0 Å². The number of aromatic hydroxyl groups is 1. The Balaban J connectivity index is 0. The van der Waals surface area contributed by atoms with Crippen molar-refractivity contribution in [1.82, 2.24) is 0 Å². The zero-order chi connectivity index (χ0) is 19.7. The molecule has 0 aliphatic carbocycles. The van der Waals surface area contributed by atoms with Crippen LogP contribution in [0.3, 0.4) is 0 Å². The maximum absolute atomic E-state index is 8.81. The maximum atomic E-state index is 8.81. The standard InChI is InChI=1S/C7H6O2S.C7H6OS.2C3H6/c8-6-3-1-5(2-4-6)7(9)10;8-7(9)6-4-2-1-3-5-6;2*1-3-2/h1-4,8H,(H,9,10);1-5H,(H,8,9);2*3H,1H2,2H3. The Bertz CT molecular complexity index is 630. The average molecular weight is 377 g/mol. The number of hydrogen-bond acceptors (Lipinski definition) is 3. The number of aliphatic hydroxyl groups excluding tert-OH is 2. The second-order valence-corrected chi connectivity index (χ2v) is 5.11. The van der Waals surface area contributed by atoms with E-state index < -0.39 is 0 Å². The molecule has 0 aliphatic rings. The maximum Gasteiger partial charge on any atom is 0.188 e. The van der Waals surface area contributed by atoms with E-state index in [-0.39, 0.29) is 15.9 Å². The van der Waals surface area contributed by atoms with Crippen molar-refractivity contribution in [3.05, 3.63) is 91.0 Å². The van der Waals surface area contributed by atoms with Gasteiger partial charge in [0.2, 0.25) is 0 Å². The van der Waals surface area contributed by atoms with Crippen molar-refractivity contribution in [2.45, 2.75) is 13.8 Å². The molecule has 0 bridgehead atoms. The molecule has 3 nitrogen and oxygen atoms in total. The van der Waals surface area contributed by atoms with Gasteiger partial charge in [0.1, 0.15) is 5.75 Å².